The summed E-state index contributed by atoms with van der Waals surface area (Å²) in [6, 6.07) is 1.97. The van der Waals surface area contributed by atoms with Crippen molar-refractivity contribution >= 4 is 40.1 Å². The maximum Gasteiger partial charge on any atom is 0.338 e. The number of esters is 1. The van der Waals surface area contributed by atoms with E-state index in [0.717, 1.165) is 35.8 Å². The van der Waals surface area contributed by atoms with Gasteiger partial charge in [0, 0.05) is 18.3 Å². The van der Waals surface area contributed by atoms with E-state index >= 15 is 0 Å². The molecule has 29 heavy (non-hydrogen) atoms. The summed E-state index contributed by atoms with van der Waals surface area (Å²) >= 11 is 3.10. The Bertz CT molecular complexity index is 904. The van der Waals surface area contributed by atoms with Crippen LogP contribution in [0.15, 0.2) is 44.2 Å². The minimum Gasteiger partial charge on any atom is -0.466 e. The van der Waals surface area contributed by atoms with Crippen molar-refractivity contribution in [3.63, 3.8) is 0 Å². The van der Waals surface area contributed by atoms with Gasteiger partial charge in [0.1, 0.15) is 0 Å². The monoisotopic (exact) mass is 431 g/mol. The molecule has 1 aromatic heterocycles. The van der Waals surface area contributed by atoms with Gasteiger partial charge < -0.3 is 14.5 Å². The van der Waals surface area contributed by atoms with Crippen molar-refractivity contribution in [1.82, 2.24) is 9.80 Å². The average molecular weight is 432 g/mol. The number of rotatable bonds is 4. The van der Waals surface area contributed by atoms with Crippen LogP contribution in [0.1, 0.15) is 51.1 Å². The van der Waals surface area contributed by atoms with E-state index in [4.69, 9.17) is 4.74 Å². The predicted molar refractivity (Wildman–Crippen MR) is 116 cm³/mol. The van der Waals surface area contributed by atoms with E-state index in [1.54, 1.807) is 11.3 Å². The minimum atomic E-state index is -0.381. The molecule has 8 heteroatoms. The highest BCUT2D eigenvalue weighted by molar-refractivity contribution is 8.16. The van der Waals surface area contributed by atoms with Crippen LogP contribution in [-0.4, -0.2) is 46.5 Å². The Morgan fingerprint density at radius 1 is 1.34 bits per heavy atom. The van der Waals surface area contributed by atoms with Gasteiger partial charge in [-0.15, -0.1) is 0 Å². The van der Waals surface area contributed by atoms with Gasteiger partial charge >= 0.3 is 5.97 Å². The lowest BCUT2D eigenvalue weighted by atomic mass is 9.95. The number of hydrogen-bond donors (Lipinski definition) is 0. The van der Waals surface area contributed by atoms with Crippen LogP contribution >= 0.6 is 23.1 Å². The lowest BCUT2D eigenvalue weighted by Gasteiger charge is -2.37. The zero-order valence-electron chi connectivity index (χ0n) is 16.9. The number of ether oxygens (including phenoxy) is 1. The van der Waals surface area contributed by atoms with E-state index in [1.807, 2.05) is 39.0 Å². The molecule has 4 rings (SSSR count). The van der Waals surface area contributed by atoms with Gasteiger partial charge in [-0.05, 0) is 60.9 Å². The zero-order chi connectivity index (χ0) is 20.5. The molecular weight excluding hydrogens is 406 g/mol. The van der Waals surface area contributed by atoms with Crippen LogP contribution in [0.5, 0.6) is 0 Å². The highest BCUT2D eigenvalue weighted by Crippen LogP contribution is 2.45. The predicted octanol–water partition coefficient (Wildman–Crippen LogP) is 4.29. The van der Waals surface area contributed by atoms with Crippen molar-refractivity contribution in [3.05, 3.63) is 44.8 Å². The number of fused-ring (bicyclic) bond motifs is 1. The molecule has 0 N–H and O–H groups in total. The molecule has 0 radical (unpaired) electrons. The number of aliphatic imine (C=N–C) groups is 1. The van der Waals surface area contributed by atoms with Crippen LogP contribution in [0.3, 0.4) is 0 Å². The standard InChI is InChI=1S/C21H25N3O3S2/c1-13-6-4-5-8-23(13)17(25)10-16-12-29-21-22-14(2)18(20(26)27-3)19(24(16)21)15-7-9-28-11-15/h7,9,11-13,19H,4-6,8,10H2,1-3H3/t13-,19+/m1/s1. The zero-order valence-corrected chi connectivity index (χ0v) is 18.5. The molecule has 0 saturated carbocycles. The first-order valence-electron chi connectivity index (χ1n) is 9.85. The summed E-state index contributed by atoms with van der Waals surface area (Å²) in [7, 11) is 1.39. The summed E-state index contributed by atoms with van der Waals surface area (Å²) in [6.07, 6.45) is 3.61. The second kappa shape index (κ2) is 8.36. The summed E-state index contributed by atoms with van der Waals surface area (Å²) in [5, 5.41) is 6.84. The summed E-state index contributed by atoms with van der Waals surface area (Å²) < 4.78 is 5.07. The van der Waals surface area contributed by atoms with Crippen molar-refractivity contribution in [2.45, 2.75) is 51.6 Å². The van der Waals surface area contributed by atoms with Gasteiger partial charge in [-0.25, -0.2) is 9.79 Å². The molecule has 154 valence electrons. The van der Waals surface area contributed by atoms with Crippen LogP contribution in [-0.2, 0) is 14.3 Å². The third-order valence-corrected chi connectivity index (χ3v) is 7.31. The number of nitrogens with zero attached hydrogens (tertiary/aromatic N) is 3. The smallest absolute Gasteiger partial charge is 0.338 e. The summed E-state index contributed by atoms with van der Waals surface area (Å²) in [5.74, 6) is -0.242. The Balaban J connectivity index is 1.65. The Morgan fingerprint density at radius 3 is 2.86 bits per heavy atom. The summed E-state index contributed by atoms with van der Waals surface area (Å²) in [4.78, 5) is 34.4. The quantitative estimate of drug-likeness (QED) is 0.666. The van der Waals surface area contributed by atoms with Crippen molar-refractivity contribution in [2.75, 3.05) is 13.7 Å². The Labute approximate surface area is 179 Å². The highest BCUT2D eigenvalue weighted by atomic mass is 32.2. The molecule has 4 heterocycles. The average Bonchev–Trinajstić information content (AvgIpc) is 3.37. The van der Waals surface area contributed by atoms with E-state index in [2.05, 4.69) is 11.9 Å². The molecule has 3 aliphatic rings. The number of amidine groups is 1. The molecule has 1 saturated heterocycles. The van der Waals surface area contributed by atoms with E-state index in [-0.39, 0.29) is 24.0 Å². The molecule has 0 unspecified atom stereocenters. The third-order valence-electron chi connectivity index (χ3n) is 5.72. The molecule has 0 aliphatic carbocycles. The van der Waals surface area contributed by atoms with Gasteiger partial charge in [0.25, 0.3) is 0 Å². The van der Waals surface area contributed by atoms with Crippen molar-refractivity contribution in [2.24, 2.45) is 4.99 Å². The minimum absolute atomic E-state index is 0.139. The summed E-state index contributed by atoms with van der Waals surface area (Å²) in [5.41, 5.74) is 3.09. The van der Waals surface area contributed by atoms with Gasteiger partial charge in [-0.1, -0.05) is 11.8 Å². The molecule has 0 aromatic carbocycles. The topological polar surface area (TPSA) is 62.2 Å². The Kier molecular flexibility index (Phi) is 5.83. The van der Waals surface area contributed by atoms with Gasteiger partial charge in [0.2, 0.25) is 5.91 Å². The molecule has 0 bridgehead atoms. The number of amides is 1. The van der Waals surface area contributed by atoms with Gasteiger partial charge in [0.15, 0.2) is 5.17 Å². The fourth-order valence-electron chi connectivity index (χ4n) is 4.21. The van der Waals surface area contributed by atoms with Gasteiger partial charge in [-0.2, -0.15) is 11.3 Å². The lowest BCUT2D eigenvalue weighted by molar-refractivity contribution is -0.136. The fourth-order valence-corrected chi connectivity index (χ4v) is 5.85. The number of likely N-dealkylation sites (tertiary alicyclic amines) is 1. The van der Waals surface area contributed by atoms with E-state index in [1.165, 1.54) is 25.3 Å². The van der Waals surface area contributed by atoms with Crippen LogP contribution in [0.4, 0.5) is 0 Å². The normalized spacial score (nSPS) is 24.2. The number of methoxy groups -OCH3 is 1. The second-order valence-corrected chi connectivity index (χ2v) is 9.17. The first-order valence-corrected chi connectivity index (χ1v) is 11.7. The van der Waals surface area contributed by atoms with Crippen LogP contribution in [0.25, 0.3) is 0 Å². The van der Waals surface area contributed by atoms with Crippen LogP contribution in [0, 0.1) is 0 Å². The number of carbonyl (C=O) groups excluding carboxylic acids is 2. The van der Waals surface area contributed by atoms with E-state index < -0.39 is 0 Å². The second-order valence-electron chi connectivity index (χ2n) is 7.55. The van der Waals surface area contributed by atoms with Crippen molar-refractivity contribution in [3.8, 4) is 0 Å². The van der Waals surface area contributed by atoms with Gasteiger partial charge in [0.05, 0.1) is 30.8 Å². The molecule has 2 atom stereocenters. The van der Waals surface area contributed by atoms with Gasteiger partial charge in [-0.3, -0.25) is 4.79 Å². The van der Waals surface area contributed by atoms with Crippen LogP contribution < -0.4 is 0 Å². The highest BCUT2D eigenvalue weighted by Gasteiger charge is 2.41. The fraction of sp³-hybridized carbons (Fsp3) is 0.476. The number of thioether (sulfide) groups is 1. The molecule has 1 aromatic rings. The summed E-state index contributed by atoms with van der Waals surface area (Å²) in [6.45, 7) is 4.79. The molecule has 1 amide bonds. The Hall–Kier alpha value is -2.06. The number of allylic oxidation sites excluding steroid dienone is 1. The molecule has 3 aliphatic heterocycles. The van der Waals surface area contributed by atoms with Crippen LogP contribution in [0.2, 0.25) is 0 Å². The third kappa shape index (κ3) is 3.75. The number of piperidine rings is 1. The maximum absolute atomic E-state index is 13.1. The molecule has 1 fully saturated rings. The number of carbonyl (C=O) groups is 2. The number of thiophene rings is 1. The molecule has 0 spiro atoms. The van der Waals surface area contributed by atoms with Crippen molar-refractivity contribution < 1.29 is 14.3 Å². The maximum atomic E-state index is 13.1. The lowest BCUT2D eigenvalue weighted by Crippen LogP contribution is -2.43. The molecular formula is C21H25N3O3S2. The first-order chi connectivity index (χ1) is 14.0. The first kappa shape index (κ1) is 20.2. The SMILES string of the molecule is COC(=O)C1=C(C)N=C2SC=C(CC(=O)N3CCCC[C@H]3C)N2[C@H]1c1ccsc1. The Morgan fingerprint density at radius 2 is 2.17 bits per heavy atom. The molecule has 6 nitrogen and oxygen atoms in total. The van der Waals surface area contributed by atoms with Crippen molar-refractivity contribution in [1.29, 1.82) is 0 Å². The van der Waals surface area contributed by atoms with E-state index in [0.29, 0.717) is 17.7 Å². The van der Waals surface area contributed by atoms with E-state index in [9.17, 15) is 9.59 Å². The number of hydrogen-bond acceptors (Lipinski definition) is 7. The largest absolute Gasteiger partial charge is 0.466 e.